The molecular weight excluding hydrogens is 244 g/mol. The van der Waals surface area contributed by atoms with Gasteiger partial charge in [0.25, 0.3) is 0 Å². The highest BCUT2D eigenvalue weighted by Gasteiger charge is 2.04. The molecule has 0 aliphatic carbocycles. The Kier molecular flexibility index (Phi) is 4.73. The highest BCUT2D eigenvalue weighted by atomic mass is 32.1. The molecule has 2 aromatic rings. The second-order valence-electron chi connectivity index (χ2n) is 4.15. The first-order valence-electron chi connectivity index (χ1n) is 6.10. The number of ether oxygens (including phenoxy) is 1. The number of hydrogen-bond acceptors (Lipinski definition) is 4. The lowest BCUT2D eigenvalue weighted by atomic mass is 10.1. The van der Waals surface area contributed by atoms with E-state index in [0.717, 1.165) is 23.7 Å². The molecule has 0 amide bonds. The van der Waals surface area contributed by atoms with Gasteiger partial charge in [-0.1, -0.05) is 24.6 Å². The first-order valence-corrected chi connectivity index (χ1v) is 6.98. The minimum Gasteiger partial charge on any atom is -0.488 e. The average Bonchev–Trinajstić information content (AvgIpc) is 2.88. The molecule has 2 rings (SSSR count). The molecule has 96 valence electrons. The summed E-state index contributed by atoms with van der Waals surface area (Å²) in [6.07, 6.45) is 1.85. The summed E-state index contributed by atoms with van der Waals surface area (Å²) in [6.45, 7) is 6.60. The quantitative estimate of drug-likeness (QED) is 0.868. The van der Waals surface area contributed by atoms with Crippen molar-refractivity contribution >= 4 is 11.3 Å². The molecule has 0 saturated heterocycles. The van der Waals surface area contributed by atoms with Crippen LogP contribution in [0.25, 0.3) is 0 Å². The molecule has 3 nitrogen and oxygen atoms in total. The molecule has 0 aliphatic rings. The van der Waals surface area contributed by atoms with Gasteiger partial charge in [-0.25, -0.2) is 0 Å². The van der Waals surface area contributed by atoms with E-state index in [9.17, 15) is 0 Å². The van der Waals surface area contributed by atoms with E-state index < -0.39 is 0 Å². The molecule has 18 heavy (non-hydrogen) atoms. The Bertz CT molecular complexity index is 483. The Morgan fingerprint density at radius 1 is 1.39 bits per heavy atom. The largest absolute Gasteiger partial charge is 0.488 e. The van der Waals surface area contributed by atoms with Gasteiger partial charge in [0.1, 0.15) is 12.4 Å². The fourth-order valence-corrected chi connectivity index (χ4v) is 2.21. The van der Waals surface area contributed by atoms with E-state index in [-0.39, 0.29) is 0 Å². The van der Waals surface area contributed by atoms with Crippen molar-refractivity contribution in [3.05, 3.63) is 45.9 Å². The third kappa shape index (κ3) is 3.55. The van der Waals surface area contributed by atoms with Gasteiger partial charge in [-0.15, -0.1) is 11.3 Å². The molecule has 1 N–H and O–H groups in total. The van der Waals surface area contributed by atoms with Gasteiger partial charge >= 0.3 is 0 Å². The summed E-state index contributed by atoms with van der Waals surface area (Å²) in [4.78, 5) is 5.19. The van der Waals surface area contributed by atoms with E-state index in [0.29, 0.717) is 6.61 Å². The minimum absolute atomic E-state index is 0.590. The van der Waals surface area contributed by atoms with Crippen LogP contribution in [0.2, 0.25) is 0 Å². The van der Waals surface area contributed by atoms with E-state index >= 15 is 0 Å². The predicted molar refractivity (Wildman–Crippen MR) is 75.0 cm³/mol. The summed E-state index contributed by atoms with van der Waals surface area (Å²) in [6, 6.07) is 6.30. The van der Waals surface area contributed by atoms with Crippen LogP contribution in [-0.2, 0) is 13.2 Å². The van der Waals surface area contributed by atoms with Crippen molar-refractivity contribution in [1.29, 1.82) is 0 Å². The van der Waals surface area contributed by atoms with Gasteiger partial charge in [0.2, 0.25) is 0 Å². The van der Waals surface area contributed by atoms with Crippen molar-refractivity contribution in [3.63, 3.8) is 0 Å². The number of thiazole rings is 1. The van der Waals surface area contributed by atoms with E-state index in [1.165, 1.54) is 11.1 Å². The number of rotatable bonds is 6. The smallest absolute Gasteiger partial charge is 0.124 e. The Morgan fingerprint density at radius 2 is 2.28 bits per heavy atom. The number of aromatic nitrogens is 1. The number of nitrogens with zero attached hydrogens (tertiary/aromatic N) is 1. The summed E-state index contributed by atoms with van der Waals surface area (Å²) >= 11 is 1.62. The lowest BCUT2D eigenvalue weighted by Gasteiger charge is -2.12. The van der Waals surface area contributed by atoms with E-state index in [4.69, 9.17) is 4.74 Å². The first kappa shape index (κ1) is 13.1. The monoisotopic (exact) mass is 262 g/mol. The molecule has 4 heteroatoms. The zero-order chi connectivity index (χ0) is 12.8. The Balaban J connectivity index is 2.05. The summed E-state index contributed by atoms with van der Waals surface area (Å²) in [5.41, 5.74) is 4.29. The lowest BCUT2D eigenvalue weighted by molar-refractivity contribution is 0.305. The van der Waals surface area contributed by atoms with Crippen molar-refractivity contribution < 1.29 is 4.74 Å². The molecule has 0 spiro atoms. The van der Waals surface area contributed by atoms with Gasteiger partial charge in [0.15, 0.2) is 0 Å². The maximum atomic E-state index is 5.86. The fraction of sp³-hybridized carbons (Fsp3) is 0.357. The molecule has 0 aliphatic heterocycles. The molecule has 0 bridgehead atoms. The Morgan fingerprint density at radius 3 is 3.00 bits per heavy atom. The zero-order valence-electron chi connectivity index (χ0n) is 10.8. The minimum atomic E-state index is 0.590. The summed E-state index contributed by atoms with van der Waals surface area (Å²) in [7, 11) is 0. The number of hydrogen-bond donors (Lipinski definition) is 1. The lowest BCUT2D eigenvalue weighted by Crippen LogP contribution is -2.13. The first-order chi connectivity index (χ1) is 8.79. The van der Waals surface area contributed by atoms with Crippen LogP contribution in [0, 0.1) is 6.92 Å². The number of nitrogens with one attached hydrogen (secondary N) is 1. The third-order valence-corrected chi connectivity index (χ3v) is 3.39. The maximum Gasteiger partial charge on any atom is 0.124 e. The van der Waals surface area contributed by atoms with Crippen molar-refractivity contribution in [2.75, 3.05) is 6.54 Å². The van der Waals surface area contributed by atoms with Gasteiger partial charge in [-0.2, -0.15) is 0 Å². The van der Waals surface area contributed by atoms with Crippen LogP contribution in [0.1, 0.15) is 22.9 Å². The Labute approximate surface area is 112 Å². The van der Waals surface area contributed by atoms with E-state index in [1.54, 1.807) is 11.3 Å². The van der Waals surface area contributed by atoms with Crippen LogP contribution >= 0.6 is 11.3 Å². The third-order valence-electron chi connectivity index (χ3n) is 2.63. The molecular formula is C14H18N2OS. The van der Waals surface area contributed by atoms with Gasteiger partial charge in [-0.3, -0.25) is 4.98 Å². The van der Waals surface area contributed by atoms with Crippen molar-refractivity contribution in [1.82, 2.24) is 10.3 Å². The molecule has 0 atom stereocenters. The van der Waals surface area contributed by atoms with Crippen LogP contribution in [0.15, 0.2) is 29.9 Å². The molecule has 0 radical (unpaired) electrons. The second kappa shape index (κ2) is 6.52. The predicted octanol–water partition coefficient (Wildman–Crippen LogP) is 3.14. The molecule has 1 heterocycles. The molecule has 0 saturated carbocycles. The van der Waals surface area contributed by atoms with Crippen molar-refractivity contribution in [3.8, 4) is 5.75 Å². The van der Waals surface area contributed by atoms with E-state index in [1.807, 2.05) is 17.8 Å². The fourth-order valence-electron chi connectivity index (χ4n) is 1.71. The molecule has 1 aromatic carbocycles. The van der Waals surface area contributed by atoms with E-state index in [2.05, 4.69) is 36.3 Å². The van der Waals surface area contributed by atoms with Crippen molar-refractivity contribution in [2.45, 2.75) is 27.0 Å². The van der Waals surface area contributed by atoms with Gasteiger partial charge in [-0.05, 0) is 19.5 Å². The SMILES string of the molecule is CCNCc1cc(C)ccc1OCc1cncs1. The van der Waals surface area contributed by atoms with Crippen LogP contribution in [0.3, 0.4) is 0 Å². The van der Waals surface area contributed by atoms with Gasteiger partial charge in [0, 0.05) is 18.3 Å². The average molecular weight is 262 g/mol. The van der Waals surface area contributed by atoms with Crippen LogP contribution in [0.5, 0.6) is 5.75 Å². The zero-order valence-corrected chi connectivity index (χ0v) is 11.6. The van der Waals surface area contributed by atoms with Gasteiger partial charge in [0.05, 0.1) is 10.4 Å². The van der Waals surface area contributed by atoms with Crippen LogP contribution < -0.4 is 10.1 Å². The standard InChI is InChI=1S/C14H18N2OS/c1-3-15-7-12-6-11(2)4-5-14(12)17-9-13-8-16-10-18-13/h4-6,8,10,15H,3,7,9H2,1-2H3. The molecule has 1 aromatic heterocycles. The van der Waals surface area contributed by atoms with Crippen LogP contribution in [-0.4, -0.2) is 11.5 Å². The number of benzene rings is 1. The second-order valence-corrected chi connectivity index (χ2v) is 5.12. The summed E-state index contributed by atoms with van der Waals surface area (Å²) in [5.74, 6) is 0.954. The summed E-state index contributed by atoms with van der Waals surface area (Å²) < 4.78 is 5.86. The molecule has 0 unspecified atom stereocenters. The highest BCUT2D eigenvalue weighted by molar-refractivity contribution is 7.09. The maximum absolute atomic E-state index is 5.86. The number of aryl methyl sites for hydroxylation is 1. The Hall–Kier alpha value is -1.39. The highest BCUT2D eigenvalue weighted by Crippen LogP contribution is 2.21. The molecule has 0 fully saturated rings. The van der Waals surface area contributed by atoms with Crippen molar-refractivity contribution in [2.24, 2.45) is 0 Å². The topological polar surface area (TPSA) is 34.1 Å². The van der Waals surface area contributed by atoms with Gasteiger partial charge < -0.3 is 10.1 Å². The summed E-state index contributed by atoms with van der Waals surface area (Å²) in [5, 5.41) is 3.34. The normalized spacial score (nSPS) is 10.6. The van der Waals surface area contributed by atoms with Crippen LogP contribution in [0.4, 0.5) is 0 Å².